The van der Waals surface area contributed by atoms with Gasteiger partial charge in [-0.15, -0.1) is 0 Å². The zero-order chi connectivity index (χ0) is 32.8. The maximum atomic E-state index is 14.4. The summed E-state index contributed by atoms with van der Waals surface area (Å²) in [5.41, 5.74) is 2.66. The van der Waals surface area contributed by atoms with Crippen molar-refractivity contribution in [2.45, 2.75) is 50.3 Å². The summed E-state index contributed by atoms with van der Waals surface area (Å²) >= 11 is 0. The van der Waals surface area contributed by atoms with Crippen LogP contribution in [0.2, 0.25) is 0 Å². The van der Waals surface area contributed by atoms with Gasteiger partial charge in [-0.25, -0.2) is 23.0 Å². The summed E-state index contributed by atoms with van der Waals surface area (Å²) in [5.74, 6) is -0.447. The number of rotatable bonds is 9. The van der Waals surface area contributed by atoms with Gasteiger partial charge in [-0.2, -0.15) is 0 Å². The Morgan fingerprint density at radius 3 is 2.35 bits per heavy atom. The SMILES string of the molecule is CN(CCS(C)(=O)=O)C(=O)O[C@H]1CCCC[C@@H]1n1cnc(C(=O)N2CCN(C(=O)O)C[C@H]2Cc2ccccc2)c1-c1ccccc1. The highest BCUT2D eigenvalue weighted by molar-refractivity contribution is 7.90. The van der Waals surface area contributed by atoms with Crippen LogP contribution >= 0.6 is 0 Å². The lowest BCUT2D eigenvalue weighted by Crippen LogP contribution is -2.57. The topological polar surface area (TPSA) is 142 Å². The second kappa shape index (κ2) is 14.4. The van der Waals surface area contributed by atoms with Crippen molar-refractivity contribution in [3.8, 4) is 11.3 Å². The second-order valence-electron chi connectivity index (χ2n) is 12.1. The predicted octanol–water partition coefficient (Wildman–Crippen LogP) is 4.19. The van der Waals surface area contributed by atoms with Crippen molar-refractivity contribution in [1.82, 2.24) is 24.3 Å². The van der Waals surface area contributed by atoms with Crippen LogP contribution in [0.25, 0.3) is 11.3 Å². The number of aromatic nitrogens is 2. The molecule has 0 unspecified atom stereocenters. The van der Waals surface area contributed by atoms with Crippen molar-refractivity contribution in [1.29, 1.82) is 0 Å². The maximum absolute atomic E-state index is 14.4. The van der Waals surface area contributed by atoms with Gasteiger partial charge in [0.1, 0.15) is 15.9 Å². The molecular weight excluding hydrogens is 610 g/mol. The zero-order valence-corrected chi connectivity index (χ0v) is 27.0. The fourth-order valence-corrected chi connectivity index (χ4v) is 6.90. The maximum Gasteiger partial charge on any atom is 0.409 e. The predicted molar refractivity (Wildman–Crippen MR) is 172 cm³/mol. The largest absolute Gasteiger partial charge is 0.465 e. The van der Waals surface area contributed by atoms with Crippen molar-refractivity contribution in [2.75, 3.05) is 45.2 Å². The standard InChI is InChI=1S/C33H41N5O7S/c1-35(19-20-46(2,43)44)33(42)45-28-16-10-9-15-27(28)38-23-34-29(30(38)25-13-7-4-8-14-25)31(39)37-18-17-36(32(40)41)22-26(37)21-24-11-5-3-6-12-24/h3-8,11-14,23,26-28H,9-10,15-22H2,1-2H3,(H,40,41)/t26-,27+,28+/m1/s1. The first-order valence-electron chi connectivity index (χ1n) is 15.6. The fourth-order valence-electron chi connectivity index (χ4n) is 6.29. The average molecular weight is 652 g/mol. The quantitative estimate of drug-likeness (QED) is 0.363. The molecule has 0 spiro atoms. The smallest absolute Gasteiger partial charge is 0.409 e. The minimum absolute atomic E-state index is 0.0212. The van der Waals surface area contributed by atoms with Crippen molar-refractivity contribution < 1.29 is 32.6 Å². The molecular formula is C33H41N5O7S. The lowest BCUT2D eigenvalue weighted by Gasteiger charge is -2.40. The summed E-state index contributed by atoms with van der Waals surface area (Å²) in [5, 5.41) is 9.73. The third-order valence-corrected chi connectivity index (χ3v) is 9.68. The Bertz CT molecular complexity index is 1630. The number of sulfone groups is 1. The highest BCUT2D eigenvalue weighted by atomic mass is 32.2. The minimum atomic E-state index is -3.25. The molecule has 246 valence electrons. The van der Waals surface area contributed by atoms with Crippen LogP contribution in [0.4, 0.5) is 9.59 Å². The van der Waals surface area contributed by atoms with E-state index in [1.165, 1.54) is 16.8 Å². The van der Waals surface area contributed by atoms with Crippen LogP contribution in [0.15, 0.2) is 67.0 Å². The number of nitrogens with zero attached hydrogens (tertiary/aromatic N) is 5. The number of hydrogen-bond acceptors (Lipinski definition) is 7. The molecule has 0 radical (unpaired) electrons. The molecule has 0 bridgehead atoms. The number of amides is 3. The average Bonchev–Trinajstić information content (AvgIpc) is 3.49. The fraction of sp³-hybridized carbons (Fsp3) is 0.455. The van der Waals surface area contributed by atoms with Crippen LogP contribution in [0.1, 0.15) is 47.8 Å². The first-order chi connectivity index (χ1) is 22.0. The molecule has 2 aliphatic rings. The van der Waals surface area contributed by atoms with E-state index in [9.17, 15) is 27.9 Å². The van der Waals surface area contributed by atoms with E-state index >= 15 is 0 Å². The van der Waals surface area contributed by atoms with Crippen molar-refractivity contribution in [3.05, 3.63) is 78.2 Å². The van der Waals surface area contributed by atoms with Gasteiger partial charge in [-0.1, -0.05) is 67.1 Å². The van der Waals surface area contributed by atoms with Crippen LogP contribution < -0.4 is 0 Å². The van der Waals surface area contributed by atoms with Crippen molar-refractivity contribution in [3.63, 3.8) is 0 Å². The number of piperazine rings is 1. The van der Waals surface area contributed by atoms with Crippen molar-refractivity contribution >= 4 is 27.9 Å². The molecule has 2 aromatic carbocycles. The number of benzene rings is 2. The first-order valence-corrected chi connectivity index (χ1v) is 17.6. The molecule has 2 heterocycles. The second-order valence-corrected chi connectivity index (χ2v) is 14.4. The third-order valence-electron chi connectivity index (χ3n) is 8.76. The Morgan fingerprint density at radius 2 is 1.67 bits per heavy atom. The van der Waals surface area contributed by atoms with Crippen LogP contribution in [0.3, 0.4) is 0 Å². The number of carbonyl (C=O) groups is 3. The van der Waals surface area contributed by atoms with E-state index in [0.717, 1.165) is 30.2 Å². The molecule has 1 aromatic heterocycles. The molecule has 13 heteroatoms. The molecule has 5 rings (SSSR count). The van der Waals surface area contributed by atoms with Gasteiger partial charge in [0, 0.05) is 45.0 Å². The first kappa shape index (κ1) is 33.0. The van der Waals surface area contributed by atoms with Crippen LogP contribution in [0.5, 0.6) is 0 Å². The Balaban J connectivity index is 1.46. The minimum Gasteiger partial charge on any atom is -0.465 e. The molecule has 12 nitrogen and oxygen atoms in total. The summed E-state index contributed by atoms with van der Waals surface area (Å²) in [7, 11) is -1.73. The monoisotopic (exact) mass is 651 g/mol. The lowest BCUT2D eigenvalue weighted by atomic mass is 9.91. The van der Waals surface area contributed by atoms with Crippen LogP contribution in [-0.2, 0) is 21.0 Å². The zero-order valence-electron chi connectivity index (χ0n) is 26.2. The van der Waals surface area contributed by atoms with Crippen LogP contribution in [0, 0.1) is 0 Å². The molecule has 3 aromatic rings. The van der Waals surface area contributed by atoms with Crippen molar-refractivity contribution in [2.24, 2.45) is 0 Å². The van der Waals surface area contributed by atoms with Gasteiger partial charge in [0.2, 0.25) is 0 Å². The van der Waals surface area contributed by atoms with E-state index in [1.54, 1.807) is 11.2 Å². The van der Waals surface area contributed by atoms with E-state index in [2.05, 4.69) is 4.98 Å². The highest BCUT2D eigenvalue weighted by Gasteiger charge is 2.38. The van der Waals surface area contributed by atoms with Gasteiger partial charge in [-0.05, 0) is 31.2 Å². The Hall–Kier alpha value is -4.39. The van der Waals surface area contributed by atoms with Gasteiger partial charge < -0.3 is 29.1 Å². The van der Waals surface area contributed by atoms with E-state index < -0.39 is 28.1 Å². The summed E-state index contributed by atoms with van der Waals surface area (Å²) in [6.07, 6.45) is 4.20. The number of hydrogen-bond donors (Lipinski definition) is 1. The summed E-state index contributed by atoms with van der Waals surface area (Å²) < 4.78 is 31.2. The van der Waals surface area contributed by atoms with E-state index in [0.29, 0.717) is 25.0 Å². The Morgan fingerprint density at radius 1 is 1.00 bits per heavy atom. The number of carbonyl (C=O) groups excluding carboxylic acids is 2. The Kier molecular flexibility index (Phi) is 10.3. The van der Waals surface area contributed by atoms with Gasteiger partial charge in [-0.3, -0.25) is 4.79 Å². The number of carboxylic acid groups (broad SMARTS) is 1. The van der Waals surface area contributed by atoms with Gasteiger partial charge in [0.05, 0.1) is 29.9 Å². The summed E-state index contributed by atoms with van der Waals surface area (Å²) in [6, 6.07) is 18.5. The molecule has 1 aliphatic heterocycles. The van der Waals surface area contributed by atoms with Gasteiger partial charge >= 0.3 is 12.2 Å². The van der Waals surface area contributed by atoms with E-state index in [-0.39, 0.29) is 55.6 Å². The molecule has 1 aliphatic carbocycles. The third kappa shape index (κ3) is 7.87. The summed E-state index contributed by atoms with van der Waals surface area (Å²) in [6.45, 7) is 0.632. The molecule has 1 saturated heterocycles. The summed E-state index contributed by atoms with van der Waals surface area (Å²) in [4.78, 5) is 48.3. The lowest BCUT2D eigenvalue weighted by molar-refractivity contribution is 0.0241. The number of ether oxygens (including phenoxy) is 1. The molecule has 1 N–H and O–H groups in total. The van der Waals surface area contributed by atoms with Gasteiger partial charge in [0.15, 0.2) is 5.69 Å². The molecule has 46 heavy (non-hydrogen) atoms. The van der Waals surface area contributed by atoms with Crippen LogP contribution in [-0.4, -0.2) is 113 Å². The molecule has 3 amide bonds. The van der Waals surface area contributed by atoms with E-state index in [1.807, 2.05) is 65.2 Å². The highest BCUT2D eigenvalue weighted by Crippen LogP contribution is 2.37. The van der Waals surface area contributed by atoms with E-state index in [4.69, 9.17) is 4.74 Å². The number of imidazole rings is 1. The van der Waals surface area contributed by atoms with Gasteiger partial charge in [0.25, 0.3) is 5.91 Å². The molecule has 2 fully saturated rings. The Labute approximate surface area is 269 Å². The molecule has 3 atom stereocenters. The normalized spacial score (nSPS) is 20.3. The molecule has 1 saturated carbocycles.